The Balaban J connectivity index is 2.16. The molecule has 6 heteroatoms. The Morgan fingerprint density at radius 2 is 2.19 bits per heavy atom. The first-order chi connectivity index (χ1) is 7.61. The Bertz CT molecular complexity index is 251. The molecule has 1 rings (SSSR count). The Labute approximate surface area is 94.0 Å². The summed E-state index contributed by atoms with van der Waals surface area (Å²) in [6.45, 7) is 1.03. The second-order valence-corrected chi connectivity index (χ2v) is 3.94. The summed E-state index contributed by atoms with van der Waals surface area (Å²) in [5, 5.41) is 23.1. The smallest absolute Gasteiger partial charge is 0.332 e. The molecule has 6 nitrogen and oxygen atoms in total. The van der Waals surface area contributed by atoms with Crippen LogP contribution in [0.3, 0.4) is 0 Å². The van der Waals surface area contributed by atoms with Gasteiger partial charge in [0.1, 0.15) is 0 Å². The average molecular weight is 230 g/mol. The lowest BCUT2D eigenvalue weighted by molar-refractivity contribution is -0.147. The molecule has 0 aromatic heterocycles. The van der Waals surface area contributed by atoms with Gasteiger partial charge >= 0.3 is 5.97 Å². The van der Waals surface area contributed by atoms with Gasteiger partial charge in [-0.05, 0) is 19.4 Å². The predicted octanol–water partition coefficient (Wildman–Crippen LogP) is -0.920. The van der Waals surface area contributed by atoms with Crippen molar-refractivity contribution in [1.29, 1.82) is 0 Å². The second kappa shape index (κ2) is 6.44. The first kappa shape index (κ1) is 12.9. The van der Waals surface area contributed by atoms with Gasteiger partial charge < -0.3 is 20.8 Å². The molecular formula is C10H18N2O4. The molecule has 1 aliphatic heterocycles. The van der Waals surface area contributed by atoms with E-state index in [4.69, 9.17) is 10.2 Å². The quantitative estimate of drug-likeness (QED) is 0.489. The van der Waals surface area contributed by atoms with Crippen LogP contribution >= 0.6 is 0 Å². The summed E-state index contributed by atoms with van der Waals surface area (Å²) < 4.78 is 0. The van der Waals surface area contributed by atoms with Crippen LogP contribution in [0.5, 0.6) is 0 Å². The first-order valence-electron chi connectivity index (χ1n) is 5.53. The summed E-state index contributed by atoms with van der Waals surface area (Å²) in [6, 6.07) is -0.171. The van der Waals surface area contributed by atoms with Crippen molar-refractivity contribution in [2.75, 3.05) is 13.1 Å². The van der Waals surface area contributed by atoms with E-state index in [-0.39, 0.29) is 24.9 Å². The number of rotatable bonds is 5. The van der Waals surface area contributed by atoms with Crippen molar-refractivity contribution < 1.29 is 19.8 Å². The van der Waals surface area contributed by atoms with E-state index in [1.54, 1.807) is 0 Å². The molecule has 1 amide bonds. The lowest BCUT2D eigenvalue weighted by Crippen LogP contribution is -2.47. The molecule has 0 radical (unpaired) electrons. The third-order valence-electron chi connectivity index (χ3n) is 2.63. The fourth-order valence-electron chi connectivity index (χ4n) is 1.65. The zero-order valence-corrected chi connectivity index (χ0v) is 9.11. The van der Waals surface area contributed by atoms with Crippen LogP contribution < -0.4 is 10.6 Å². The van der Waals surface area contributed by atoms with E-state index in [2.05, 4.69) is 10.6 Å². The summed E-state index contributed by atoms with van der Waals surface area (Å²) in [6.07, 6.45) is 1.56. The van der Waals surface area contributed by atoms with Crippen LogP contribution in [0, 0.1) is 0 Å². The zero-order valence-electron chi connectivity index (χ0n) is 9.11. The molecule has 0 saturated carbocycles. The maximum Gasteiger partial charge on any atom is 0.332 e. The van der Waals surface area contributed by atoms with Crippen molar-refractivity contribution >= 4 is 11.9 Å². The van der Waals surface area contributed by atoms with Crippen molar-refractivity contribution in [2.24, 2.45) is 0 Å². The molecule has 0 aromatic rings. The van der Waals surface area contributed by atoms with Crippen molar-refractivity contribution in [3.63, 3.8) is 0 Å². The molecule has 1 aliphatic rings. The van der Waals surface area contributed by atoms with Crippen molar-refractivity contribution in [1.82, 2.24) is 10.6 Å². The highest BCUT2D eigenvalue weighted by Gasteiger charge is 2.20. The third-order valence-corrected chi connectivity index (χ3v) is 2.63. The molecule has 16 heavy (non-hydrogen) atoms. The molecule has 0 aromatic carbocycles. The average Bonchev–Trinajstić information content (AvgIpc) is 2.29. The number of carbonyl (C=O) groups is 2. The van der Waals surface area contributed by atoms with Gasteiger partial charge in [-0.25, -0.2) is 4.79 Å². The van der Waals surface area contributed by atoms with Crippen LogP contribution in [0.4, 0.5) is 0 Å². The highest BCUT2D eigenvalue weighted by atomic mass is 16.4. The van der Waals surface area contributed by atoms with Crippen LogP contribution in [-0.2, 0) is 9.59 Å². The molecule has 0 bridgehead atoms. The van der Waals surface area contributed by atoms with Crippen molar-refractivity contribution in [3.8, 4) is 0 Å². The minimum absolute atomic E-state index is 0.0355. The summed E-state index contributed by atoms with van der Waals surface area (Å²) >= 11 is 0. The number of aliphatic carboxylic acids is 1. The summed E-state index contributed by atoms with van der Waals surface area (Å²) in [4.78, 5) is 21.8. The van der Waals surface area contributed by atoms with E-state index >= 15 is 0 Å². The topological polar surface area (TPSA) is 98.7 Å². The molecule has 0 aliphatic carbocycles. The van der Waals surface area contributed by atoms with Crippen molar-refractivity contribution in [2.45, 2.75) is 37.8 Å². The van der Waals surface area contributed by atoms with Gasteiger partial charge in [-0.3, -0.25) is 4.79 Å². The van der Waals surface area contributed by atoms with E-state index in [0.717, 1.165) is 25.8 Å². The van der Waals surface area contributed by atoms with Crippen LogP contribution in [0.1, 0.15) is 25.7 Å². The maximum atomic E-state index is 11.5. The molecule has 92 valence electrons. The van der Waals surface area contributed by atoms with Gasteiger partial charge in [-0.2, -0.15) is 0 Å². The molecule has 1 fully saturated rings. The molecule has 1 saturated heterocycles. The van der Waals surface area contributed by atoms with E-state index in [0.29, 0.717) is 0 Å². The number of amides is 1. The largest absolute Gasteiger partial charge is 0.479 e. The van der Waals surface area contributed by atoms with Gasteiger partial charge in [0.05, 0.1) is 6.04 Å². The highest BCUT2D eigenvalue weighted by molar-refractivity contribution is 5.81. The van der Waals surface area contributed by atoms with Crippen LogP contribution in [0.15, 0.2) is 0 Å². The number of hydrogen-bond donors (Lipinski definition) is 4. The SMILES string of the molecule is O=C(O)[C@@H](O)CCNC(=O)[C@H]1CCCCN1. The fraction of sp³-hybridized carbons (Fsp3) is 0.800. The summed E-state index contributed by atoms with van der Waals surface area (Å²) in [7, 11) is 0. The predicted molar refractivity (Wildman–Crippen MR) is 56.9 cm³/mol. The van der Waals surface area contributed by atoms with Gasteiger partial charge in [-0.1, -0.05) is 6.42 Å². The number of carbonyl (C=O) groups excluding carboxylic acids is 1. The molecular weight excluding hydrogens is 212 g/mol. The number of carboxylic acid groups (broad SMARTS) is 1. The highest BCUT2D eigenvalue weighted by Crippen LogP contribution is 2.06. The number of hydrogen-bond acceptors (Lipinski definition) is 4. The van der Waals surface area contributed by atoms with Crippen molar-refractivity contribution in [3.05, 3.63) is 0 Å². The van der Waals surface area contributed by atoms with Crippen LogP contribution in [0.2, 0.25) is 0 Å². The first-order valence-corrected chi connectivity index (χ1v) is 5.53. The van der Waals surface area contributed by atoms with Crippen LogP contribution in [-0.4, -0.2) is 47.3 Å². The normalized spacial score (nSPS) is 22.4. The number of nitrogens with one attached hydrogen (secondary N) is 2. The molecule has 0 unspecified atom stereocenters. The lowest BCUT2D eigenvalue weighted by atomic mass is 10.0. The van der Waals surface area contributed by atoms with E-state index < -0.39 is 12.1 Å². The monoisotopic (exact) mass is 230 g/mol. The standard InChI is InChI=1S/C10H18N2O4/c13-8(10(15)16)4-6-12-9(14)7-3-1-2-5-11-7/h7-8,11,13H,1-6H2,(H,12,14)(H,15,16)/t7-,8+/m1/s1. The molecule has 2 atom stereocenters. The second-order valence-electron chi connectivity index (χ2n) is 3.94. The number of aliphatic hydroxyl groups excluding tert-OH is 1. The Morgan fingerprint density at radius 3 is 2.75 bits per heavy atom. The number of piperidine rings is 1. The Morgan fingerprint density at radius 1 is 1.44 bits per heavy atom. The summed E-state index contributed by atoms with van der Waals surface area (Å²) in [5.74, 6) is -1.37. The molecule has 0 spiro atoms. The van der Waals surface area contributed by atoms with Gasteiger partial charge in [0, 0.05) is 13.0 Å². The maximum absolute atomic E-state index is 11.5. The number of carboxylic acids is 1. The van der Waals surface area contributed by atoms with E-state index in [9.17, 15) is 9.59 Å². The Hall–Kier alpha value is -1.14. The fourth-order valence-corrected chi connectivity index (χ4v) is 1.65. The number of aliphatic hydroxyl groups is 1. The van der Waals surface area contributed by atoms with Crippen LogP contribution in [0.25, 0.3) is 0 Å². The summed E-state index contributed by atoms with van der Waals surface area (Å²) in [5.41, 5.74) is 0. The van der Waals surface area contributed by atoms with Gasteiger partial charge in [0.2, 0.25) is 5.91 Å². The van der Waals surface area contributed by atoms with Gasteiger partial charge in [-0.15, -0.1) is 0 Å². The third kappa shape index (κ3) is 4.16. The minimum atomic E-state index is -1.40. The lowest BCUT2D eigenvalue weighted by Gasteiger charge is -2.22. The Kier molecular flexibility index (Phi) is 5.21. The molecule has 1 heterocycles. The van der Waals surface area contributed by atoms with E-state index in [1.165, 1.54) is 0 Å². The zero-order chi connectivity index (χ0) is 12.0. The molecule has 4 N–H and O–H groups in total. The minimum Gasteiger partial charge on any atom is -0.479 e. The van der Waals surface area contributed by atoms with Gasteiger partial charge in [0.25, 0.3) is 0 Å². The van der Waals surface area contributed by atoms with E-state index in [1.807, 2.05) is 0 Å². The van der Waals surface area contributed by atoms with Gasteiger partial charge in [0.15, 0.2) is 6.10 Å².